The van der Waals surface area contributed by atoms with Gasteiger partial charge in [0.15, 0.2) is 5.82 Å². The number of piperazine rings is 1. The summed E-state index contributed by atoms with van der Waals surface area (Å²) >= 11 is 0. The van der Waals surface area contributed by atoms with Gasteiger partial charge < -0.3 is 9.26 Å². The number of sulfonamides is 1. The highest BCUT2D eigenvalue weighted by Gasteiger charge is 2.40. The first kappa shape index (κ1) is 16.8. The third-order valence-electron chi connectivity index (χ3n) is 4.56. The van der Waals surface area contributed by atoms with Gasteiger partial charge >= 0.3 is 0 Å². The van der Waals surface area contributed by atoms with Crippen LogP contribution >= 0.6 is 0 Å². The van der Waals surface area contributed by atoms with Gasteiger partial charge in [0, 0.05) is 39.2 Å². The van der Waals surface area contributed by atoms with E-state index in [1.165, 1.54) is 0 Å². The van der Waals surface area contributed by atoms with Crippen LogP contribution in [0.2, 0.25) is 0 Å². The monoisotopic (exact) mass is 344 g/mol. The number of hydrogen-bond acceptors (Lipinski definition) is 7. The van der Waals surface area contributed by atoms with Gasteiger partial charge in [0.25, 0.3) is 0 Å². The van der Waals surface area contributed by atoms with Crippen LogP contribution in [0.1, 0.15) is 32.0 Å². The van der Waals surface area contributed by atoms with Crippen LogP contribution in [0.15, 0.2) is 4.52 Å². The summed E-state index contributed by atoms with van der Waals surface area (Å²) in [4.78, 5) is 6.45. The molecule has 0 saturated carbocycles. The molecule has 8 nitrogen and oxygen atoms in total. The molecule has 3 heterocycles. The maximum atomic E-state index is 12.7. The van der Waals surface area contributed by atoms with Crippen LogP contribution in [0.5, 0.6) is 0 Å². The lowest BCUT2D eigenvalue weighted by Gasteiger charge is -2.35. The number of rotatable bonds is 5. The molecular formula is C14H24N4O4S. The van der Waals surface area contributed by atoms with E-state index in [1.807, 2.05) is 13.8 Å². The van der Waals surface area contributed by atoms with E-state index in [4.69, 9.17) is 9.26 Å². The molecule has 0 unspecified atom stereocenters. The van der Waals surface area contributed by atoms with Crippen LogP contribution in [-0.4, -0.2) is 71.9 Å². The molecule has 2 aliphatic heterocycles. The molecule has 130 valence electrons. The molecule has 1 aromatic heterocycles. The molecule has 0 radical (unpaired) electrons. The summed E-state index contributed by atoms with van der Waals surface area (Å²) in [6, 6.07) is 0. The zero-order valence-electron chi connectivity index (χ0n) is 13.6. The second-order valence-electron chi connectivity index (χ2n) is 6.08. The molecule has 2 atom stereocenters. The summed E-state index contributed by atoms with van der Waals surface area (Å²) in [5, 5.41) is 3.54. The molecule has 0 spiro atoms. The second kappa shape index (κ2) is 6.84. The Bertz CT molecular complexity index is 624. The molecule has 2 saturated heterocycles. The highest BCUT2D eigenvalue weighted by Crippen LogP contribution is 2.24. The van der Waals surface area contributed by atoms with Crippen molar-refractivity contribution >= 4 is 10.0 Å². The fraction of sp³-hybridized carbons (Fsp3) is 0.857. The van der Waals surface area contributed by atoms with Crippen molar-refractivity contribution in [3.8, 4) is 0 Å². The molecule has 9 heteroatoms. The Morgan fingerprint density at radius 3 is 2.57 bits per heavy atom. The minimum Gasteiger partial charge on any atom is -0.377 e. The van der Waals surface area contributed by atoms with E-state index < -0.39 is 15.3 Å². The van der Waals surface area contributed by atoms with E-state index in [1.54, 1.807) is 4.31 Å². The van der Waals surface area contributed by atoms with Crippen molar-refractivity contribution in [2.75, 3.05) is 32.8 Å². The van der Waals surface area contributed by atoms with Crippen LogP contribution < -0.4 is 0 Å². The van der Waals surface area contributed by atoms with Crippen LogP contribution in [-0.2, 0) is 27.7 Å². The SMILES string of the molecule is CCc1nc(CN2CCN(S(=O)(=O)[C@@H]3CCO[C@H]3C)CC2)no1. The Labute approximate surface area is 136 Å². The fourth-order valence-electron chi connectivity index (χ4n) is 3.13. The first-order chi connectivity index (χ1) is 11.0. The largest absolute Gasteiger partial charge is 0.377 e. The zero-order chi connectivity index (χ0) is 16.4. The number of ether oxygens (including phenoxy) is 1. The van der Waals surface area contributed by atoms with Gasteiger partial charge in [-0.3, -0.25) is 4.90 Å². The molecule has 0 bridgehead atoms. The molecule has 23 heavy (non-hydrogen) atoms. The van der Waals surface area contributed by atoms with E-state index >= 15 is 0 Å². The maximum Gasteiger partial charge on any atom is 0.226 e. The summed E-state index contributed by atoms with van der Waals surface area (Å²) in [5.74, 6) is 1.30. The van der Waals surface area contributed by atoms with Crippen molar-refractivity contribution in [2.24, 2.45) is 0 Å². The van der Waals surface area contributed by atoms with Crippen molar-refractivity contribution in [2.45, 2.75) is 44.6 Å². The van der Waals surface area contributed by atoms with E-state index in [9.17, 15) is 8.42 Å². The molecule has 2 aliphatic rings. The Kier molecular flexibility index (Phi) is 5.00. The Morgan fingerprint density at radius 1 is 1.26 bits per heavy atom. The maximum absolute atomic E-state index is 12.7. The summed E-state index contributed by atoms with van der Waals surface area (Å²) in [7, 11) is -3.28. The van der Waals surface area contributed by atoms with Crippen LogP contribution in [0, 0.1) is 0 Å². The molecule has 3 rings (SSSR count). The minimum absolute atomic E-state index is 0.218. The third kappa shape index (κ3) is 3.57. The first-order valence-corrected chi connectivity index (χ1v) is 9.65. The smallest absolute Gasteiger partial charge is 0.226 e. The molecule has 0 N–H and O–H groups in total. The lowest BCUT2D eigenvalue weighted by molar-refractivity contribution is 0.124. The molecule has 1 aromatic rings. The van der Waals surface area contributed by atoms with Crippen molar-refractivity contribution in [1.29, 1.82) is 0 Å². The van der Waals surface area contributed by atoms with E-state index in [0.29, 0.717) is 57.5 Å². The van der Waals surface area contributed by atoms with Gasteiger partial charge in [0.1, 0.15) is 5.25 Å². The van der Waals surface area contributed by atoms with Gasteiger partial charge in [-0.2, -0.15) is 9.29 Å². The molecular weight excluding hydrogens is 320 g/mol. The minimum atomic E-state index is -3.28. The average molecular weight is 344 g/mol. The van der Waals surface area contributed by atoms with Crippen LogP contribution in [0.4, 0.5) is 0 Å². The predicted molar refractivity (Wildman–Crippen MR) is 83.3 cm³/mol. The molecule has 2 fully saturated rings. The van der Waals surface area contributed by atoms with Crippen LogP contribution in [0.3, 0.4) is 0 Å². The van der Waals surface area contributed by atoms with E-state index in [-0.39, 0.29) is 6.10 Å². The van der Waals surface area contributed by atoms with Crippen molar-refractivity contribution in [3.05, 3.63) is 11.7 Å². The highest BCUT2D eigenvalue weighted by atomic mass is 32.2. The highest BCUT2D eigenvalue weighted by molar-refractivity contribution is 7.89. The number of hydrogen-bond donors (Lipinski definition) is 0. The topological polar surface area (TPSA) is 88.8 Å². The van der Waals surface area contributed by atoms with Crippen molar-refractivity contribution in [1.82, 2.24) is 19.3 Å². The van der Waals surface area contributed by atoms with E-state index in [0.717, 1.165) is 6.42 Å². The number of aromatic nitrogens is 2. The average Bonchev–Trinajstić information content (AvgIpc) is 3.17. The van der Waals surface area contributed by atoms with Crippen molar-refractivity contribution < 1.29 is 17.7 Å². The third-order valence-corrected chi connectivity index (χ3v) is 7.03. The molecule has 0 aliphatic carbocycles. The van der Waals surface area contributed by atoms with Gasteiger partial charge in [0.2, 0.25) is 15.9 Å². The summed E-state index contributed by atoms with van der Waals surface area (Å²) in [6.45, 7) is 7.30. The van der Waals surface area contributed by atoms with Crippen molar-refractivity contribution in [3.63, 3.8) is 0 Å². The lowest BCUT2D eigenvalue weighted by Crippen LogP contribution is -2.51. The molecule has 0 amide bonds. The predicted octanol–water partition coefficient (Wildman–Crippen LogP) is 0.257. The Hall–Kier alpha value is -1.03. The standard InChI is InChI=1S/C14H24N4O4S/c1-3-14-15-13(16-22-14)10-17-5-7-18(8-6-17)23(19,20)12-4-9-21-11(12)2/h11-12H,3-10H2,1-2H3/t11-,12+/m0/s1. The Morgan fingerprint density at radius 2 is 2.00 bits per heavy atom. The van der Waals surface area contributed by atoms with Gasteiger partial charge in [-0.05, 0) is 13.3 Å². The van der Waals surface area contributed by atoms with Crippen LogP contribution in [0.25, 0.3) is 0 Å². The van der Waals surface area contributed by atoms with Gasteiger partial charge in [-0.1, -0.05) is 12.1 Å². The second-order valence-corrected chi connectivity index (χ2v) is 8.23. The number of nitrogens with zero attached hydrogens (tertiary/aromatic N) is 4. The van der Waals surface area contributed by atoms with E-state index in [2.05, 4.69) is 15.0 Å². The summed E-state index contributed by atoms with van der Waals surface area (Å²) < 4.78 is 37.5. The summed E-state index contributed by atoms with van der Waals surface area (Å²) in [6.07, 6.45) is 1.09. The normalized spacial score (nSPS) is 27.6. The Balaban J connectivity index is 1.55. The lowest BCUT2D eigenvalue weighted by atomic mass is 10.3. The first-order valence-electron chi connectivity index (χ1n) is 8.15. The quantitative estimate of drug-likeness (QED) is 0.757. The molecule has 0 aromatic carbocycles. The number of aryl methyl sites for hydroxylation is 1. The fourth-order valence-corrected chi connectivity index (χ4v) is 5.15. The summed E-state index contributed by atoms with van der Waals surface area (Å²) in [5.41, 5.74) is 0. The van der Waals surface area contributed by atoms with Gasteiger partial charge in [0.05, 0.1) is 12.6 Å². The zero-order valence-corrected chi connectivity index (χ0v) is 14.5. The van der Waals surface area contributed by atoms with Gasteiger partial charge in [-0.25, -0.2) is 8.42 Å². The van der Waals surface area contributed by atoms with Gasteiger partial charge in [-0.15, -0.1) is 0 Å².